The second-order valence-corrected chi connectivity index (χ2v) is 7.48. The van der Waals surface area contributed by atoms with E-state index in [2.05, 4.69) is 55.1 Å². The van der Waals surface area contributed by atoms with Crippen molar-refractivity contribution < 1.29 is 9.53 Å². The number of likely N-dealkylation sites (N-methyl/N-ethyl adjacent to an activating group) is 1. The summed E-state index contributed by atoms with van der Waals surface area (Å²) >= 11 is 0. The molecular weight excluding hydrogens is 372 g/mol. The molecule has 0 saturated carbocycles. The maximum atomic E-state index is 11.1. The van der Waals surface area contributed by atoms with Crippen LogP contribution < -0.4 is 15.0 Å². The zero-order valence-corrected chi connectivity index (χ0v) is 18.2. The number of fused-ring (bicyclic) bond motifs is 2. The fourth-order valence-electron chi connectivity index (χ4n) is 3.49. The Morgan fingerprint density at radius 3 is 2.53 bits per heavy atom. The summed E-state index contributed by atoms with van der Waals surface area (Å²) in [6.07, 6.45) is 7.17. The summed E-state index contributed by atoms with van der Waals surface area (Å²) in [4.78, 5) is 13.3. The Morgan fingerprint density at radius 2 is 1.87 bits per heavy atom. The fraction of sp³-hybridized carbons (Fsp3) is 0.269. The Balaban J connectivity index is 0.000000196. The Bertz CT molecular complexity index is 990. The summed E-state index contributed by atoms with van der Waals surface area (Å²) in [6, 6.07) is 15.9. The lowest BCUT2D eigenvalue weighted by Crippen LogP contribution is -2.32. The molecule has 2 aliphatic rings. The molecule has 0 fully saturated rings. The van der Waals surface area contributed by atoms with E-state index in [1.165, 1.54) is 0 Å². The first-order valence-corrected chi connectivity index (χ1v) is 10.4. The number of nitrogens with zero attached hydrogens (tertiary/aromatic N) is 1. The lowest BCUT2D eigenvalue weighted by molar-refractivity contribution is -0.116. The molecule has 0 radical (unpaired) electrons. The van der Waals surface area contributed by atoms with E-state index in [9.17, 15) is 4.79 Å². The Labute approximate surface area is 179 Å². The van der Waals surface area contributed by atoms with Gasteiger partial charge in [0.2, 0.25) is 5.91 Å². The van der Waals surface area contributed by atoms with Crippen molar-refractivity contribution >= 4 is 17.3 Å². The lowest BCUT2D eigenvalue weighted by Gasteiger charge is -2.21. The summed E-state index contributed by atoms with van der Waals surface area (Å²) in [5.41, 5.74) is 5.47. The molecule has 0 bridgehead atoms. The molecule has 4 nitrogen and oxygen atoms in total. The van der Waals surface area contributed by atoms with Gasteiger partial charge >= 0.3 is 0 Å². The van der Waals surface area contributed by atoms with E-state index in [1.54, 1.807) is 0 Å². The van der Waals surface area contributed by atoms with Crippen LogP contribution >= 0.6 is 0 Å². The first-order valence-electron chi connectivity index (χ1n) is 10.4. The van der Waals surface area contributed by atoms with Gasteiger partial charge in [-0.05, 0) is 44.0 Å². The van der Waals surface area contributed by atoms with Crippen LogP contribution in [0.1, 0.15) is 38.7 Å². The first-order chi connectivity index (χ1) is 14.5. The number of allylic oxidation sites excluding steroid dienone is 3. The van der Waals surface area contributed by atoms with Crippen LogP contribution in [0.3, 0.4) is 0 Å². The monoisotopic (exact) mass is 402 g/mol. The third-order valence-electron chi connectivity index (χ3n) is 5.50. The van der Waals surface area contributed by atoms with Crippen LogP contribution in [-0.2, 0) is 4.79 Å². The fourth-order valence-corrected chi connectivity index (χ4v) is 3.49. The molecule has 0 aromatic heterocycles. The third-order valence-corrected chi connectivity index (χ3v) is 5.50. The average molecular weight is 403 g/mol. The quantitative estimate of drug-likeness (QED) is 0.633. The van der Waals surface area contributed by atoms with Crippen molar-refractivity contribution in [1.82, 2.24) is 0 Å². The molecule has 0 aliphatic carbocycles. The van der Waals surface area contributed by atoms with Gasteiger partial charge in [0.25, 0.3) is 0 Å². The normalized spacial score (nSPS) is 19.5. The largest absolute Gasteiger partial charge is 0.464 e. The van der Waals surface area contributed by atoms with E-state index in [4.69, 9.17) is 4.74 Å². The first kappa shape index (κ1) is 21.4. The van der Waals surface area contributed by atoms with Gasteiger partial charge in [-0.25, -0.2) is 0 Å². The van der Waals surface area contributed by atoms with E-state index in [-0.39, 0.29) is 18.1 Å². The molecule has 1 N–H and O–H groups in total. The standard InChI is InChI=1S/C17H21NO.C9H9NO/c1-5-13(3)11-12-14(6-2)17-18(4)15-9-7-8-10-16(15)19-17;1-6-7-4-2-3-5-8(7)10-9(6)11/h6-12,17H,3,5H2,1-2,4H3;2-6H,1H3,(H,10,11)/b12-11-,14-6+;. The van der Waals surface area contributed by atoms with Crippen molar-refractivity contribution in [1.29, 1.82) is 0 Å². The van der Waals surface area contributed by atoms with Gasteiger partial charge in [-0.15, -0.1) is 0 Å². The predicted molar refractivity (Wildman–Crippen MR) is 125 cm³/mol. The summed E-state index contributed by atoms with van der Waals surface area (Å²) in [6.45, 7) is 10.1. The number of anilines is 2. The highest BCUT2D eigenvalue weighted by atomic mass is 16.5. The molecule has 2 unspecified atom stereocenters. The number of amides is 1. The molecule has 30 heavy (non-hydrogen) atoms. The van der Waals surface area contributed by atoms with Gasteiger partial charge in [0, 0.05) is 18.3 Å². The van der Waals surface area contributed by atoms with Crippen LogP contribution in [0, 0.1) is 0 Å². The predicted octanol–water partition coefficient (Wildman–Crippen LogP) is 6.05. The van der Waals surface area contributed by atoms with Crippen molar-refractivity contribution in [2.45, 2.75) is 39.3 Å². The summed E-state index contributed by atoms with van der Waals surface area (Å²) in [7, 11) is 2.06. The van der Waals surface area contributed by atoms with Gasteiger partial charge in [0.1, 0.15) is 5.75 Å². The maximum Gasteiger partial charge on any atom is 0.231 e. The molecule has 4 rings (SSSR count). The molecule has 2 aromatic rings. The van der Waals surface area contributed by atoms with E-state index in [1.807, 2.05) is 56.3 Å². The Hall–Kier alpha value is -3.27. The van der Waals surface area contributed by atoms with Crippen LogP contribution in [0.2, 0.25) is 0 Å². The highest BCUT2D eigenvalue weighted by Gasteiger charge is 2.29. The van der Waals surface area contributed by atoms with Crippen LogP contribution in [0.4, 0.5) is 11.4 Å². The van der Waals surface area contributed by atoms with Crippen molar-refractivity contribution in [3.05, 3.63) is 90.0 Å². The molecule has 2 heterocycles. The van der Waals surface area contributed by atoms with Gasteiger partial charge in [0.05, 0.1) is 11.6 Å². The minimum Gasteiger partial charge on any atom is -0.464 e. The van der Waals surface area contributed by atoms with E-state index in [0.717, 1.165) is 40.3 Å². The highest BCUT2D eigenvalue weighted by molar-refractivity contribution is 6.02. The Morgan fingerprint density at radius 1 is 1.17 bits per heavy atom. The smallest absolute Gasteiger partial charge is 0.231 e. The van der Waals surface area contributed by atoms with Crippen LogP contribution in [-0.4, -0.2) is 19.2 Å². The van der Waals surface area contributed by atoms with Gasteiger partial charge in [-0.3, -0.25) is 4.79 Å². The highest BCUT2D eigenvalue weighted by Crippen LogP contribution is 2.38. The van der Waals surface area contributed by atoms with Crippen LogP contribution in [0.15, 0.2) is 84.5 Å². The number of rotatable bonds is 4. The molecule has 2 atom stereocenters. The zero-order valence-electron chi connectivity index (χ0n) is 18.2. The molecular formula is C26H30N2O2. The van der Waals surface area contributed by atoms with E-state index in [0.29, 0.717) is 0 Å². The zero-order chi connectivity index (χ0) is 21.7. The number of hydrogen-bond donors (Lipinski definition) is 1. The van der Waals surface area contributed by atoms with Gasteiger partial charge in [-0.1, -0.05) is 67.6 Å². The van der Waals surface area contributed by atoms with Gasteiger partial charge in [0.15, 0.2) is 6.23 Å². The second-order valence-electron chi connectivity index (χ2n) is 7.48. The number of ether oxygens (including phenoxy) is 1. The summed E-state index contributed by atoms with van der Waals surface area (Å²) < 4.78 is 6.01. The molecule has 156 valence electrons. The van der Waals surface area contributed by atoms with Crippen molar-refractivity contribution in [3.63, 3.8) is 0 Å². The molecule has 0 saturated heterocycles. The van der Waals surface area contributed by atoms with Crippen LogP contribution in [0.5, 0.6) is 5.75 Å². The molecule has 0 spiro atoms. The molecule has 1 amide bonds. The number of hydrogen-bond acceptors (Lipinski definition) is 3. The topological polar surface area (TPSA) is 41.6 Å². The SMILES string of the molecule is C=C(/C=C\C(=C/C)C1Oc2ccccc2N1C)CC.CC1C(=O)Nc2ccccc21. The number of carbonyl (C=O) groups is 1. The minimum absolute atomic E-state index is 0.0196. The lowest BCUT2D eigenvalue weighted by atomic mass is 10.0. The Kier molecular flexibility index (Phi) is 6.78. The number of carbonyl (C=O) groups excluding carboxylic acids is 1. The van der Waals surface area contributed by atoms with E-state index >= 15 is 0 Å². The van der Waals surface area contributed by atoms with E-state index < -0.39 is 0 Å². The van der Waals surface area contributed by atoms with Crippen molar-refractivity contribution in [2.75, 3.05) is 17.3 Å². The average Bonchev–Trinajstić information content (AvgIpc) is 3.25. The third kappa shape index (κ3) is 4.48. The number of benzene rings is 2. The number of para-hydroxylation sites is 3. The molecule has 4 heteroatoms. The second kappa shape index (κ2) is 9.49. The van der Waals surface area contributed by atoms with Gasteiger partial charge < -0.3 is 15.0 Å². The number of nitrogens with one attached hydrogen (secondary N) is 1. The maximum absolute atomic E-state index is 11.1. The minimum atomic E-state index is -0.0525. The molecule has 2 aliphatic heterocycles. The molecule has 2 aromatic carbocycles. The summed E-state index contributed by atoms with van der Waals surface area (Å²) in [5, 5.41) is 2.81. The van der Waals surface area contributed by atoms with Gasteiger partial charge in [-0.2, -0.15) is 0 Å². The van der Waals surface area contributed by atoms with Crippen LogP contribution in [0.25, 0.3) is 0 Å². The van der Waals surface area contributed by atoms with Crippen molar-refractivity contribution in [2.24, 2.45) is 0 Å². The van der Waals surface area contributed by atoms with Crippen molar-refractivity contribution in [3.8, 4) is 5.75 Å². The summed E-state index contributed by atoms with van der Waals surface area (Å²) in [5.74, 6) is 1.06.